The molecule has 1 saturated heterocycles. The minimum absolute atomic E-state index is 1.01. The Hall–Kier alpha value is -0.0800. The molecule has 10 heavy (non-hydrogen) atoms. The molecule has 2 rings (SSSR count). The second kappa shape index (κ2) is 2.21. The summed E-state index contributed by atoms with van der Waals surface area (Å²) in [7, 11) is 4.28. The van der Waals surface area contributed by atoms with Crippen molar-refractivity contribution in [3.8, 4) is 0 Å². The van der Waals surface area contributed by atoms with Crippen molar-refractivity contribution < 1.29 is 0 Å². The first-order valence-corrected chi connectivity index (χ1v) is 4.16. The van der Waals surface area contributed by atoms with Crippen LogP contribution in [0.5, 0.6) is 0 Å². The van der Waals surface area contributed by atoms with E-state index in [1.165, 1.54) is 19.6 Å². The first-order chi connectivity index (χ1) is 4.83. The lowest BCUT2D eigenvalue weighted by molar-refractivity contribution is 0.342. The fourth-order valence-electron chi connectivity index (χ4n) is 2.40. The van der Waals surface area contributed by atoms with Crippen LogP contribution in [0, 0.1) is 17.8 Å². The molecule has 0 aromatic rings. The van der Waals surface area contributed by atoms with Gasteiger partial charge < -0.3 is 10.2 Å². The Morgan fingerprint density at radius 2 is 2.00 bits per heavy atom. The first-order valence-electron chi connectivity index (χ1n) is 4.16. The van der Waals surface area contributed by atoms with Gasteiger partial charge in [-0.25, -0.2) is 0 Å². The third kappa shape index (κ3) is 0.867. The molecule has 0 amide bonds. The van der Waals surface area contributed by atoms with E-state index in [9.17, 15) is 0 Å². The minimum Gasteiger partial charge on any atom is -0.319 e. The summed E-state index contributed by atoms with van der Waals surface area (Å²) in [5.41, 5.74) is 0. The monoisotopic (exact) mass is 140 g/mol. The van der Waals surface area contributed by atoms with E-state index in [1.54, 1.807) is 0 Å². The maximum Gasteiger partial charge on any atom is 0.00132 e. The fraction of sp³-hybridized carbons (Fsp3) is 1.00. The van der Waals surface area contributed by atoms with Gasteiger partial charge in [0.1, 0.15) is 0 Å². The van der Waals surface area contributed by atoms with Gasteiger partial charge in [-0.05, 0) is 38.4 Å². The Labute approximate surface area is 62.6 Å². The zero-order valence-corrected chi connectivity index (χ0v) is 6.80. The van der Waals surface area contributed by atoms with E-state index < -0.39 is 0 Å². The Morgan fingerprint density at radius 1 is 1.40 bits per heavy atom. The molecule has 0 radical (unpaired) electrons. The number of nitrogens with zero attached hydrogens (tertiary/aromatic N) is 1. The smallest absolute Gasteiger partial charge is 0.00132 e. The molecule has 0 aromatic heterocycles. The molecule has 3 atom stereocenters. The third-order valence-electron chi connectivity index (χ3n) is 2.99. The Kier molecular flexibility index (Phi) is 1.46. The van der Waals surface area contributed by atoms with Gasteiger partial charge in [-0.15, -0.1) is 0 Å². The molecule has 0 aromatic carbocycles. The lowest BCUT2D eigenvalue weighted by Gasteiger charge is -2.11. The van der Waals surface area contributed by atoms with Gasteiger partial charge in [0.15, 0.2) is 0 Å². The lowest BCUT2D eigenvalue weighted by Crippen LogP contribution is -2.22. The standard InChI is InChI=1S/C8H16N2/c1-9-3-6-7-4-10(2)5-8(6)7/h6-9H,3-5H2,1-2H3/t6?,7-,8+. The van der Waals surface area contributed by atoms with E-state index in [4.69, 9.17) is 0 Å². The predicted octanol–water partition coefficient (Wildman–Crippen LogP) is 0.0134. The molecule has 1 saturated carbocycles. The van der Waals surface area contributed by atoms with Crippen LogP contribution in [0.3, 0.4) is 0 Å². The molecule has 2 fully saturated rings. The summed E-state index contributed by atoms with van der Waals surface area (Å²) >= 11 is 0. The molecule has 1 aliphatic heterocycles. The Morgan fingerprint density at radius 3 is 2.50 bits per heavy atom. The summed E-state index contributed by atoms with van der Waals surface area (Å²) in [6, 6.07) is 0. The van der Waals surface area contributed by atoms with Gasteiger partial charge in [-0.2, -0.15) is 0 Å². The Bertz CT molecular complexity index is 116. The molecular weight excluding hydrogens is 124 g/mol. The van der Waals surface area contributed by atoms with Gasteiger partial charge in [0, 0.05) is 13.1 Å². The number of piperidine rings is 1. The number of nitrogens with one attached hydrogen (secondary N) is 1. The van der Waals surface area contributed by atoms with Gasteiger partial charge in [0.2, 0.25) is 0 Å². The number of likely N-dealkylation sites (tertiary alicyclic amines) is 1. The average molecular weight is 140 g/mol. The molecule has 2 heteroatoms. The number of rotatable bonds is 2. The van der Waals surface area contributed by atoms with Crippen molar-refractivity contribution >= 4 is 0 Å². The summed E-state index contributed by atoms with van der Waals surface area (Å²) in [4.78, 5) is 2.45. The normalized spacial score (nSPS) is 45.6. The molecule has 58 valence electrons. The largest absolute Gasteiger partial charge is 0.319 e. The van der Waals surface area contributed by atoms with Crippen molar-refractivity contribution in [2.24, 2.45) is 17.8 Å². The molecule has 1 unspecified atom stereocenters. The van der Waals surface area contributed by atoms with Crippen molar-refractivity contribution in [3.63, 3.8) is 0 Å². The minimum atomic E-state index is 1.01. The highest BCUT2D eigenvalue weighted by atomic mass is 15.2. The molecule has 1 aliphatic carbocycles. The van der Waals surface area contributed by atoms with Crippen molar-refractivity contribution in [3.05, 3.63) is 0 Å². The number of hydrogen-bond donors (Lipinski definition) is 1. The maximum atomic E-state index is 3.25. The molecule has 1 N–H and O–H groups in total. The topological polar surface area (TPSA) is 15.3 Å². The van der Waals surface area contributed by atoms with Crippen LogP contribution >= 0.6 is 0 Å². The highest BCUT2D eigenvalue weighted by Gasteiger charge is 2.53. The number of fused-ring (bicyclic) bond motifs is 1. The van der Waals surface area contributed by atoms with Gasteiger partial charge in [-0.1, -0.05) is 0 Å². The number of hydrogen-bond acceptors (Lipinski definition) is 2. The maximum absolute atomic E-state index is 3.25. The molecular formula is C8H16N2. The van der Waals surface area contributed by atoms with Crippen LogP contribution in [0.15, 0.2) is 0 Å². The predicted molar refractivity (Wildman–Crippen MR) is 41.9 cm³/mol. The van der Waals surface area contributed by atoms with Crippen LogP contribution in [0.1, 0.15) is 0 Å². The molecule has 1 heterocycles. The zero-order valence-electron chi connectivity index (χ0n) is 6.80. The van der Waals surface area contributed by atoms with Crippen LogP contribution in [-0.2, 0) is 0 Å². The summed E-state index contributed by atoms with van der Waals surface area (Å²) in [5, 5.41) is 3.25. The quantitative estimate of drug-likeness (QED) is 0.581. The van der Waals surface area contributed by atoms with Crippen molar-refractivity contribution in [2.75, 3.05) is 33.7 Å². The van der Waals surface area contributed by atoms with Crippen LogP contribution in [-0.4, -0.2) is 38.6 Å². The first kappa shape index (κ1) is 6.62. The summed E-state index contributed by atoms with van der Waals surface area (Å²) < 4.78 is 0. The fourth-order valence-corrected chi connectivity index (χ4v) is 2.40. The molecule has 2 nitrogen and oxygen atoms in total. The average Bonchev–Trinajstić information content (AvgIpc) is 2.43. The third-order valence-corrected chi connectivity index (χ3v) is 2.99. The van der Waals surface area contributed by atoms with Gasteiger partial charge in [0.25, 0.3) is 0 Å². The van der Waals surface area contributed by atoms with Gasteiger partial charge in [-0.3, -0.25) is 0 Å². The molecule has 0 bridgehead atoms. The van der Waals surface area contributed by atoms with Gasteiger partial charge in [0.05, 0.1) is 0 Å². The Balaban J connectivity index is 1.81. The van der Waals surface area contributed by atoms with Crippen molar-refractivity contribution in [1.82, 2.24) is 10.2 Å². The highest BCUT2D eigenvalue weighted by Crippen LogP contribution is 2.50. The zero-order chi connectivity index (χ0) is 7.14. The van der Waals surface area contributed by atoms with Crippen LogP contribution in [0.2, 0.25) is 0 Å². The van der Waals surface area contributed by atoms with Crippen molar-refractivity contribution in [1.29, 1.82) is 0 Å². The highest BCUT2D eigenvalue weighted by molar-refractivity contribution is 5.04. The second-order valence-electron chi connectivity index (χ2n) is 3.77. The molecule has 0 spiro atoms. The van der Waals surface area contributed by atoms with Crippen LogP contribution < -0.4 is 5.32 Å². The second-order valence-corrected chi connectivity index (χ2v) is 3.77. The van der Waals surface area contributed by atoms with E-state index in [-0.39, 0.29) is 0 Å². The summed E-state index contributed by atoms with van der Waals surface area (Å²) in [5.74, 6) is 3.09. The van der Waals surface area contributed by atoms with E-state index in [2.05, 4.69) is 24.3 Å². The van der Waals surface area contributed by atoms with E-state index in [0.29, 0.717) is 0 Å². The SMILES string of the molecule is CNCC1[C@H]2CN(C)C[C@@H]12. The lowest BCUT2D eigenvalue weighted by atomic mass is 10.3. The van der Waals surface area contributed by atoms with E-state index in [0.717, 1.165) is 17.8 Å². The van der Waals surface area contributed by atoms with Crippen LogP contribution in [0.25, 0.3) is 0 Å². The van der Waals surface area contributed by atoms with Crippen LogP contribution in [0.4, 0.5) is 0 Å². The van der Waals surface area contributed by atoms with E-state index >= 15 is 0 Å². The molecule has 2 aliphatic rings. The van der Waals surface area contributed by atoms with E-state index in [1.807, 2.05) is 0 Å². The van der Waals surface area contributed by atoms with Crippen molar-refractivity contribution in [2.45, 2.75) is 0 Å². The van der Waals surface area contributed by atoms with Gasteiger partial charge >= 0.3 is 0 Å². The summed E-state index contributed by atoms with van der Waals surface area (Å²) in [6.45, 7) is 3.93. The summed E-state index contributed by atoms with van der Waals surface area (Å²) in [6.07, 6.45) is 0.